The molecule has 0 aliphatic carbocycles. The number of likely N-dealkylation sites (tertiary alicyclic amines) is 1. The van der Waals surface area contributed by atoms with Crippen LogP contribution in [0.25, 0.3) is 0 Å². The number of piperidine rings is 1. The van der Waals surface area contributed by atoms with Crippen LogP contribution in [0.1, 0.15) is 18.4 Å². The van der Waals surface area contributed by atoms with Crippen LogP contribution < -0.4 is 5.73 Å². The van der Waals surface area contributed by atoms with Crippen LogP contribution in [-0.2, 0) is 6.54 Å². The van der Waals surface area contributed by atoms with Crippen LogP contribution in [0, 0.1) is 0 Å². The maximum Gasteiger partial charge on any atom is 0.0701 e. The maximum absolute atomic E-state index is 5.94. The van der Waals surface area contributed by atoms with E-state index in [4.69, 9.17) is 5.73 Å². The number of rotatable bonds is 2. The lowest BCUT2D eigenvalue weighted by atomic mass is 10.1. The molecular weight excluding hydrogens is 296 g/mol. The summed E-state index contributed by atoms with van der Waals surface area (Å²) in [5.74, 6) is 0. The minimum Gasteiger partial charge on any atom is -0.327 e. The molecule has 5 heteroatoms. The third kappa shape index (κ3) is 4.04. The molecule has 2 rings (SSSR count). The fourth-order valence-electron chi connectivity index (χ4n) is 1.92. The van der Waals surface area contributed by atoms with Crippen LogP contribution in [0.15, 0.2) is 15.2 Å². The summed E-state index contributed by atoms with van der Waals surface area (Å²) in [5, 5.41) is 2.21. The minimum absolute atomic E-state index is 0. The summed E-state index contributed by atoms with van der Waals surface area (Å²) in [6.45, 7) is 3.30. The van der Waals surface area contributed by atoms with Gasteiger partial charge in [0.2, 0.25) is 0 Å². The van der Waals surface area contributed by atoms with Crippen molar-refractivity contribution in [1.82, 2.24) is 4.90 Å². The highest BCUT2D eigenvalue weighted by Crippen LogP contribution is 2.22. The smallest absolute Gasteiger partial charge is 0.0701 e. The maximum atomic E-state index is 5.94. The molecule has 1 aliphatic rings. The summed E-state index contributed by atoms with van der Waals surface area (Å²) in [5.41, 5.74) is 7.33. The van der Waals surface area contributed by atoms with Gasteiger partial charge in [0.1, 0.15) is 0 Å². The van der Waals surface area contributed by atoms with Gasteiger partial charge in [-0.05, 0) is 52.3 Å². The first kappa shape index (κ1) is 13.5. The Kier molecular flexibility index (Phi) is 5.57. The predicted molar refractivity (Wildman–Crippen MR) is 71.8 cm³/mol. The van der Waals surface area contributed by atoms with Crippen molar-refractivity contribution in [2.45, 2.75) is 25.4 Å². The van der Waals surface area contributed by atoms with Gasteiger partial charge in [0.05, 0.1) is 3.79 Å². The lowest BCUT2D eigenvalue weighted by Gasteiger charge is -2.30. The molecule has 2 N–H and O–H groups in total. The van der Waals surface area contributed by atoms with Gasteiger partial charge in [-0.2, -0.15) is 0 Å². The van der Waals surface area contributed by atoms with Crippen LogP contribution in [0.4, 0.5) is 0 Å². The molecule has 1 saturated heterocycles. The molecule has 1 aromatic heterocycles. The molecule has 15 heavy (non-hydrogen) atoms. The molecule has 0 saturated carbocycles. The average Bonchev–Trinajstić information content (AvgIpc) is 2.51. The van der Waals surface area contributed by atoms with Gasteiger partial charge in [-0.15, -0.1) is 23.7 Å². The number of nitrogens with zero attached hydrogens (tertiary/aromatic N) is 1. The van der Waals surface area contributed by atoms with Crippen molar-refractivity contribution >= 4 is 39.7 Å². The zero-order valence-electron chi connectivity index (χ0n) is 8.49. The second-order valence-corrected chi connectivity index (χ2v) is 6.19. The number of hydrogen-bond acceptors (Lipinski definition) is 3. The summed E-state index contributed by atoms with van der Waals surface area (Å²) in [6.07, 6.45) is 2.43. The fraction of sp³-hybridized carbons (Fsp3) is 0.600. The quantitative estimate of drug-likeness (QED) is 0.910. The van der Waals surface area contributed by atoms with Crippen LogP contribution in [-0.4, -0.2) is 24.0 Å². The molecule has 0 radical (unpaired) electrons. The van der Waals surface area contributed by atoms with Crippen molar-refractivity contribution < 1.29 is 0 Å². The van der Waals surface area contributed by atoms with Crippen molar-refractivity contribution in [2.24, 2.45) is 5.73 Å². The van der Waals surface area contributed by atoms with Gasteiger partial charge in [0.25, 0.3) is 0 Å². The van der Waals surface area contributed by atoms with E-state index in [0.717, 1.165) is 13.1 Å². The molecule has 0 bridgehead atoms. The van der Waals surface area contributed by atoms with Gasteiger partial charge < -0.3 is 5.73 Å². The van der Waals surface area contributed by atoms with E-state index < -0.39 is 0 Å². The summed E-state index contributed by atoms with van der Waals surface area (Å²) < 4.78 is 1.22. The Labute approximate surface area is 109 Å². The Hall–Kier alpha value is 0.390. The van der Waals surface area contributed by atoms with Crippen molar-refractivity contribution in [1.29, 1.82) is 0 Å². The first-order chi connectivity index (χ1) is 6.74. The number of thiophene rings is 1. The highest BCUT2D eigenvalue weighted by atomic mass is 79.9. The monoisotopic (exact) mass is 310 g/mol. The van der Waals surface area contributed by atoms with E-state index in [9.17, 15) is 0 Å². The molecule has 0 aromatic carbocycles. The second kappa shape index (κ2) is 6.21. The van der Waals surface area contributed by atoms with E-state index in [0.29, 0.717) is 6.04 Å². The van der Waals surface area contributed by atoms with E-state index in [1.54, 1.807) is 11.3 Å². The lowest BCUT2D eigenvalue weighted by molar-refractivity contribution is 0.202. The van der Waals surface area contributed by atoms with Gasteiger partial charge in [0.15, 0.2) is 0 Å². The predicted octanol–water partition coefficient (Wildman–Crippen LogP) is 2.86. The molecule has 2 nitrogen and oxygen atoms in total. The van der Waals surface area contributed by atoms with Crippen LogP contribution in [0.2, 0.25) is 0 Å². The Morgan fingerprint density at radius 2 is 2.40 bits per heavy atom. The highest BCUT2D eigenvalue weighted by molar-refractivity contribution is 9.11. The van der Waals surface area contributed by atoms with E-state index >= 15 is 0 Å². The average molecular weight is 312 g/mol. The van der Waals surface area contributed by atoms with Gasteiger partial charge in [-0.1, -0.05) is 0 Å². The lowest BCUT2D eigenvalue weighted by Crippen LogP contribution is -2.42. The Morgan fingerprint density at radius 1 is 1.60 bits per heavy atom. The molecule has 1 unspecified atom stereocenters. The van der Waals surface area contributed by atoms with Crippen LogP contribution >= 0.6 is 39.7 Å². The fourth-order valence-corrected chi connectivity index (χ4v) is 3.12. The third-order valence-corrected chi connectivity index (χ3v) is 4.12. The van der Waals surface area contributed by atoms with Gasteiger partial charge >= 0.3 is 0 Å². The van der Waals surface area contributed by atoms with E-state index in [1.807, 2.05) is 0 Å². The van der Waals surface area contributed by atoms with Crippen molar-refractivity contribution in [2.75, 3.05) is 13.1 Å². The van der Waals surface area contributed by atoms with Crippen molar-refractivity contribution in [3.05, 3.63) is 20.8 Å². The molecule has 86 valence electrons. The molecular formula is C10H16BrClN2S. The van der Waals surface area contributed by atoms with Crippen LogP contribution in [0.5, 0.6) is 0 Å². The molecule has 2 heterocycles. The largest absolute Gasteiger partial charge is 0.327 e. The summed E-state index contributed by atoms with van der Waals surface area (Å²) in [7, 11) is 0. The Morgan fingerprint density at radius 3 is 3.00 bits per heavy atom. The van der Waals surface area contributed by atoms with Crippen molar-refractivity contribution in [3.63, 3.8) is 0 Å². The second-order valence-electron chi connectivity index (χ2n) is 3.90. The molecule has 1 aromatic rings. The third-order valence-electron chi connectivity index (χ3n) is 2.57. The minimum atomic E-state index is 0. The van der Waals surface area contributed by atoms with Crippen molar-refractivity contribution in [3.8, 4) is 0 Å². The molecule has 0 amide bonds. The molecule has 1 aliphatic heterocycles. The summed E-state index contributed by atoms with van der Waals surface area (Å²) in [6, 6.07) is 2.58. The van der Waals surface area contributed by atoms with E-state index in [-0.39, 0.29) is 12.4 Å². The topological polar surface area (TPSA) is 29.3 Å². The molecule has 1 atom stereocenters. The normalized spacial score (nSPS) is 22.4. The number of nitrogens with two attached hydrogens (primary N) is 1. The zero-order valence-corrected chi connectivity index (χ0v) is 11.7. The SMILES string of the molecule is Cl.NC1CCCN(Cc2csc(Br)c2)C1. The molecule has 0 spiro atoms. The summed E-state index contributed by atoms with van der Waals surface area (Å²) in [4.78, 5) is 2.45. The number of halogens is 2. The van der Waals surface area contributed by atoms with E-state index in [1.165, 1.54) is 28.7 Å². The molecule has 1 fully saturated rings. The van der Waals surface area contributed by atoms with Crippen LogP contribution in [0.3, 0.4) is 0 Å². The standard InChI is InChI=1S/C10H15BrN2S.ClH/c11-10-4-8(7-14-10)5-13-3-1-2-9(12)6-13;/h4,7,9H,1-3,5-6,12H2;1H. The highest BCUT2D eigenvalue weighted by Gasteiger charge is 2.16. The van der Waals surface area contributed by atoms with Gasteiger partial charge in [-0.3, -0.25) is 4.90 Å². The Balaban J connectivity index is 0.00000112. The first-order valence-corrected chi connectivity index (χ1v) is 6.62. The zero-order chi connectivity index (χ0) is 9.97. The Bertz CT molecular complexity index is 305. The van der Waals surface area contributed by atoms with Gasteiger partial charge in [0, 0.05) is 19.1 Å². The van der Waals surface area contributed by atoms with Gasteiger partial charge in [-0.25, -0.2) is 0 Å². The van der Waals surface area contributed by atoms with E-state index in [2.05, 4.69) is 32.3 Å². The first-order valence-electron chi connectivity index (χ1n) is 4.95. The summed E-state index contributed by atoms with van der Waals surface area (Å²) >= 11 is 5.24. The number of hydrogen-bond donors (Lipinski definition) is 1.